The fourth-order valence-corrected chi connectivity index (χ4v) is 3.39. The molecule has 0 saturated carbocycles. The van der Waals surface area contributed by atoms with E-state index in [-0.39, 0.29) is 11.4 Å². The summed E-state index contributed by atoms with van der Waals surface area (Å²) < 4.78 is 6.71. The number of carbonyl (C=O) groups is 2. The molecule has 34 heavy (non-hydrogen) atoms. The van der Waals surface area contributed by atoms with Crippen molar-refractivity contribution in [3.05, 3.63) is 113 Å². The third-order valence-corrected chi connectivity index (χ3v) is 5.02. The highest BCUT2D eigenvalue weighted by molar-refractivity contribution is 5.99. The largest absolute Gasteiger partial charge is 0.422 e. The number of fused-ring (bicyclic) bond motifs is 1. The van der Waals surface area contributed by atoms with Gasteiger partial charge in [0.25, 0.3) is 5.91 Å². The SMILES string of the molecule is O=C(NNC(=O)c1cc2ccccc2oc1=O)c1nc(-c2ccccc2)n(-c2ccccc2)n1. The van der Waals surface area contributed by atoms with Crippen molar-refractivity contribution in [3.8, 4) is 17.1 Å². The number of hydrogen-bond donors (Lipinski definition) is 2. The Hall–Kier alpha value is -5.05. The third-order valence-electron chi connectivity index (χ3n) is 5.02. The van der Waals surface area contributed by atoms with Crippen LogP contribution in [0.25, 0.3) is 28.0 Å². The second kappa shape index (κ2) is 8.83. The lowest BCUT2D eigenvalue weighted by molar-refractivity contribution is 0.0839. The lowest BCUT2D eigenvalue weighted by atomic mass is 10.2. The number of hydrogen-bond acceptors (Lipinski definition) is 6. The van der Waals surface area contributed by atoms with E-state index in [0.717, 1.165) is 5.56 Å². The average molecular weight is 451 g/mol. The maximum atomic E-state index is 12.7. The molecule has 0 unspecified atom stereocenters. The molecule has 2 aromatic heterocycles. The molecule has 0 aliphatic rings. The Morgan fingerprint density at radius 3 is 2.21 bits per heavy atom. The number of aromatic nitrogens is 3. The maximum Gasteiger partial charge on any atom is 0.349 e. The van der Waals surface area contributed by atoms with Crippen LogP contribution in [0, 0.1) is 0 Å². The molecular weight excluding hydrogens is 434 g/mol. The number of nitrogens with one attached hydrogen (secondary N) is 2. The molecule has 0 saturated heterocycles. The van der Waals surface area contributed by atoms with Crippen molar-refractivity contribution >= 4 is 22.8 Å². The summed E-state index contributed by atoms with van der Waals surface area (Å²) >= 11 is 0. The maximum absolute atomic E-state index is 12.7. The number of rotatable bonds is 4. The van der Waals surface area contributed by atoms with E-state index < -0.39 is 17.4 Å². The van der Waals surface area contributed by atoms with Gasteiger partial charge in [0.05, 0.1) is 5.69 Å². The van der Waals surface area contributed by atoms with Gasteiger partial charge >= 0.3 is 11.5 Å². The van der Waals surface area contributed by atoms with Gasteiger partial charge in [-0.1, -0.05) is 66.7 Å². The molecule has 166 valence electrons. The summed E-state index contributed by atoms with van der Waals surface area (Å²) in [5.41, 5.74) is 5.25. The van der Waals surface area contributed by atoms with Crippen LogP contribution in [-0.4, -0.2) is 26.6 Å². The first-order valence-electron chi connectivity index (χ1n) is 10.3. The average Bonchev–Trinajstić information content (AvgIpc) is 3.33. The van der Waals surface area contributed by atoms with Crippen LogP contribution in [0.1, 0.15) is 21.0 Å². The lowest BCUT2D eigenvalue weighted by Crippen LogP contribution is -2.43. The number of benzene rings is 3. The smallest absolute Gasteiger partial charge is 0.349 e. The summed E-state index contributed by atoms with van der Waals surface area (Å²) in [5.74, 6) is -1.27. The minimum atomic E-state index is -0.821. The highest BCUT2D eigenvalue weighted by Gasteiger charge is 2.20. The monoisotopic (exact) mass is 451 g/mol. The molecular formula is C25H17N5O4. The summed E-state index contributed by atoms with van der Waals surface area (Å²) in [6.07, 6.45) is 0. The zero-order valence-corrected chi connectivity index (χ0v) is 17.6. The predicted octanol–water partition coefficient (Wildman–Crippen LogP) is 3.12. The molecule has 0 aliphatic heterocycles. The van der Waals surface area contributed by atoms with Crippen LogP contribution < -0.4 is 16.5 Å². The van der Waals surface area contributed by atoms with Crippen LogP contribution >= 0.6 is 0 Å². The quantitative estimate of drug-likeness (QED) is 0.320. The second-order valence-corrected chi connectivity index (χ2v) is 7.27. The molecule has 2 N–H and O–H groups in total. The molecule has 2 heterocycles. The minimum absolute atomic E-state index is 0.159. The van der Waals surface area contributed by atoms with Crippen molar-refractivity contribution in [3.63, 3.8) is 0 Å². The molecule has 0 radical (unpaired) electrons. The van der Waals surface area contributed by atoms with Gasteiger partial charge in [-0.05, 0) is 24.3 Å². The minimum Gasteiger partial charge on any atom is -0.422 e. The molecule has 0 aliphatic carbocycles. The number of nitrogens with zero attached hydrogens (tertiary/aromatic N) is 3. The predicted molar refractivity (Wildman–Crippen MR) is 124 cm³/mol. The summed E-state index contributed by atoms with van der Waals surface area (Å²) in [6, 6.07) is 26.7. The van der Waals surface area contributed by atoms with Crippen molar-refractivity contribution in [2.24, 2.45) is 0 Å². The Labute approximate surface area is 192 Å². The van der Waals surface area contributed by atoms with Crippen molar-refractivity contribution in [2.45, 2.75) is 0 Å². The topological polar surface area (TPSA) is 119 Å². The van der Waals surface area contributed by atoms with Crippen LogP contribution in [0.15, 0.2) is 100 Å². The Morgan fingerprint density at radius 1 is 0.794 bits per heavy atom. The second-order valence-electron chi connectivity index (χ2n) is 7.27. The highest BCUT2D eigenvalue weighted by Crippen LogP contribution is 2.21. The molecule has 0 fully saturated rings. The molecule has 5 aromatic rings. The Morgan fingerprint density at radius 2 is 1.44 bits per heavy atom. The number of para-hydroxylation sites is 2. The third kappa shape index (κ3) is 4.05. The molecule has 0 spiro atoms. The molecule has 3 aromatic carbocycles. The standard InChI is InChI=1S/C25H17N5O4/c31-23(19-15-17-11-7-8-14-20(17)34-25(19)33)27-28-24(32)21-26-22(16-9-3-1-4-10-16)30(29-21)18-12-5-2-6-13-18/h1-15H,(H,27,31)(H,28,32). The van der Waals surface area contributed by atoms with Gasteiger partial charge in [0.1, 0.15) is 11.1 Å². The van der Waals surface area contributed by atoms with Gasteiger partial charge in [0.2, 0.25) is 5.82 Å². The first-order chi connectivity index (χ1) is 16.6. The molecule has 9 nitrogen and oxygen atoms in total. The van der Waals surface area contributed by atoms with E-state index in [4.69, 9.17) is 4.42 Å². The zero-order chi connectivity index (χ0) is 23.5. The van der Waals surface area contributed by atoms with Gasteiger partial charge in [0.15, 0.2) is 5.82 Å². The van der Waals surface area contributed by atoms with Gasteiger partial charge in [-0.25, -0.2) is 14.5 Å². The fourth-order valence-electron chi connectivity index (χ4n) is 3.39. The van der Waals surface area contributed by atoms with Crippen molar-refractivity contribution in [2.75, 3.05) is 0 Å². The van der Waals surface area contributed by atoms with E-state index in [9.17, 15) is 14.4 Å². The highest BCUT2D eigenvalue weighted by atomic mass is 16.4. The summed E-state index contributed by atoms with van der Waals surface area (Å²) in [4.78, 5) is 41.8. The molecule has 0 bridgehead atoms. The van der Waals surface area contributed by atoms with Crippen molar-refractivity contribution < 1.29 is 14.0 Å². The van der Waals surface area contributed by atoms with Gasteiger partial charge in [-0.15, -0.1) is 5.10 Å². The van der Waals surface area contributed by atoms with Crippen LogP contribution in [0.3, 0.4) is 0 Å². The normalized spacial score (nSPS) is 10.7. The fraction of sp³-hybridized carbons (Fsp3) is 0. The van der Waals surface area contributed by atoms with Gasteiger partial charge in [-0.2, -0.15) is 0 Å². The van der Waals surface area contributed by atoms with E-state index in [1.165, 1.54) is 6.07 Å². The Balaban J connectivity index is 1.40. The molecule has 0 atom stereocenters. The van der Waals surface area contributed by atoms with E-state index >= 15 is 0 Å². The summed E-state index contributed by atoms with van der Waals surface area (Å²) in [6.45, 7) is 0. The lowest BCUT2D eigenvalue weighted by Gasteiger charge is -2.05. The summed E-state index contributed by atoms with van der Waals surface area (Å²) in [7, 11) is 0. The number of carbonyl (C=O) groups excluding carboxylic acids is 2. The number of hydrazine groups is 1. The Bertz CT molecular complexity index is 1500. The molecule has 2 amide bonds. The first kappa shape index (κ1) is 20.8. The number of amides is 2. The van der Waals surface area contributed by atoms with Gasteiger partial charge in [-0.3, -0.25) is 20.4 Å². The zero-order valence-electron chi connectivity index (χ0n) is 17.6. The van der Waals surface area contributed by atoms with Crippen LogP contribution in [0.4, 0.5) is 0 Å². The molecule has 5 rings (SSSR count). The first-order valence-corrected chi connectivity index (χ1v) is 10.3. The Kier molecular flexibility index (Phi) is 5.41. The van der Waals surface area contributed by atoms with Gasteiger partial charge < -0.3 is 4.42 Å². The van der Waals surface area contributed by atoms with E-state index in [1.54, 1.807) is 28.9 Å². The van der Waals surface area contributed by atoms with Crippen molar-refractivity contribution in [1.82, 2.24) is 25.6 Å². The van der Waals surface area contributed by atoms with Crippen LogP contribution in [-0.2, 0) is 0 Å². The van der Waals surface area contributed by atoms with Gasteiger partial charge in [0, 0.05) is 10.9 Å². The molecule has 9 heteroatoms. The van der Waals surface area contributed by atoms with E-state index in [2.05, 4.69) is 20.9 Å². The van der Waals surface area contributed by atoms with Crippen LogP contribution in [0.2, 0.25) is 0 Å². The van der Waals surface area contributed by atoms with Crippen molar-refractivity contribution in [1.29, 1.82) is 0 Å². The van der Waals surface area contributed by atoms with E-state index in [0.29, 0.717) is 22.5 Å². The van der Waals surface area contributed by atoms with Crippen LogP contribution in [0.5, 0.6) is 0 Å². The van der Waals surface area contributed by atoms with E-state index in [1.807, 2.05) is 60.7 Å². The summed E-state index contributed by atoms with van der Waals surface area (Å²) in [5, 5.41) is 4.91.